The summed E-state index contributed by atoms with van der Waals surface area (Å²) < 4.78 is 0. The van der Waals surface area contributed by atoms with Crippen molar-refractivity contribution in [2.45, 2.75) is 19.9 Å². The monoisotopic (exact) mass is 276 g/mol. The Kier molecular flexibility index (Phi) is 4.16. The summed E-state index contributed by atoms with van der Waals surface area (Å²) in [6, 6.07) is 6.90. The van der Waals surface area contributed by atoms with E-state index in [2.05, 4.69) is 4.98 Å². The highest BCUT2D eigenvalue weighted by Crippen LogP contribution is 2.17. The van der Waals surface area contributed by atoms with Crippen LogP contribution in [0.5, 0.6) is 5.75 Å². The number of phenolic OH excluding ortho intramolecular Hbond substituents is 1. The van der Waals surface area contributed by atoms with Gasteiger partial charge >= 0.3 is 0 Å². The number of para-hydroxylation sites is 1. The minimum atomic E-state index is -0.0350. The van der Waals surface area contributed by atoms with Crippen molar-refractivity contribution in [2.24, 2.45) is 0 Å². The number of phenols is 1. The fourth-order valence-electron chi connectivity index (χ4n) is 1.77. The molecule has 1 heterocycles. The first-order valence-electron chi connectivity index (χ1n) is 5.98. The number of hydrogen-bond donors (Lipinski definition) is 1. The van der Waals surface area contributed by atoms with Gasteiger partial charge in [-0.15, -0.1) is 11.3 Å². The minimum absolute atomic E-state index is 0.0350. The zero-order valence-electron chi connectivity index (χ0n) is 11.0. The molecule has 0 unspecified atom stereocenters. The second-order valence-corrected chi connectivity index (χ2v) is 5.48. The summed E-state index contributed by atoms with van der Waals surface area (Å²) in [5.74, 6) is 0.126. The summed E-state index contributed by atoms with van der Waals surface area (Å²) in [7, 11) is 1.75. The molecule has 2 aromatic rings. The number of benzene rings is 1. The normalized spacial score (nSPS) is 10.4. The van der Waals surface area contributed by atoms with E-state index in [1.807, 2.05) is 18.4 Å². The van der Waals surface area contributed by atoms with Crippen LogP contribution in [0.3, 0.4) is 0 Å². The van der Waals surface area contributed by atoms with Crippen molar-refractivity contribution in [3.63, 3.8) is 0 Å². The Balaban J connectivity index is 1.98. The molecule has 4 nitrogen and oxygen atoms in total. The highest BCUT2D eigenvalue weighted by molar-refractivity contribution is 7.09. The summed E-state index contributed by atoms with van der Waals surface area (Å²) in [4.78, 5) is 18.0. The second kappa shape index (κ2) is 5.84. The van der Waals surface area contributed by atoms with E-state index < -0.39 is 0 Å². The lowest BCUT2D eigenvalue weighted by Crippen LogP contribution is -2.27. The fraction of sp³-hybridized carbons (Fsp3) is 0.286. The number of aryl methyl sites for hydroxylation is 1. The van der Waals surface area contributed by atoms with Crippen molar-refractivity contribution < 1.29 is 9.90 Å². The average molecular weight is 276 g/mol. The highest BCUT2D eigenvalue weighted by Gasteiger charge is 2.13. The van der Waals surface area contributed by atoms with Crippen LogP contribution in [0.1, 0.15) is 16.3 Å². The molecule has 0 radical (unpaired) electrons. The molecule has 0 aliphatic carbocycles. The molecule has 1 N–H and O–H groups in total. The van der Waals surface area contributed by atoms with Gasteiger partial charge in [-0.05, 0) is 13.0 Å². The van der Waals surface area contributed by atoms with Crippen molar-refractivity contribution >= 4 is 17.2 Å². The molecule has 1 aromatic carbocycles. The van der Waals surface area contributed by atoms with Crippen LogP contribution in [0.15, 0.2) is 29.6 Å². The zero-order valence-corrected chi connectivity index (χ0v) is 11.8. The van der Waals surface area contributed by atoms with Crippen molar-refractivity contribution in [1.82, 2.24) is 9.88 Å². The van der Waals surface area contributed by atoms with E-state index in [4.69, 9.17) is 0 Å². The molecular weight excluding hydrogens is 260 g/mol. The molecule has 0 saturated heterocycles. The van der Waals surface area contributed by atoms with E-state index >= 15 is 0 Å². The van der Waals surface area contributed by atoms with E-state index in [9.17, 15) is 9.90 Å². The van der Waals surface area contributed by atoms with Gasteiger partial charge in [-0.3, -0.25) is 4.79 Å². The maximum Gasteiger partial charge on any atom is 0.227 e. The lowest BCUT2D eigenvalue weighted by Gasteiger charge is -2.16. The molecule has 0 spiro atoms. The summed E-state index contributed by atoms with van der Waals surface area (Å²) in [6.45, 7) is 2.44. The number of nitrogens with zero attached hydrogens (tertiary/aromatic N) is 2. The molecule has 5 heteroatoms. The Hall–Kier alpha value is -1.88. The Bertz CT molecular complexity index is 580. The van der Waals surface area contributed by atoms with Gasteiger partial charge < -0.3 is 10.0 Å². The van der Waals surface area contributed by atoms with Crippen molar-refractivity contribution in [1.29, 1.82) is 0 Å². The van der Waals surface area contributed by atoms with Gasteiger partial charge in [-0.2, -0.15) is 0 Å². The molecule has 1 aromatic heterocycles. The van der Waals surface area contributed by atoms with E-state index in [1.165, 1.54) is 0 Å². The Labute approximate surface area is 116 Å². The zero-order chi connectivity index (χ0) is 13.8. The van der Waals surface area contributed by atoms with Crippen LogP contribution in [0.4, 0.5) is 0 Å². The number of carbonyl (C=O) groups is 1. The van der Waals surface area contributed by atoms with E-state index in [0.717, 1.165) is 10.7 Å². The number of amides is 1. The van der Waals surface area contributed by atoms with Crippen LogP contribution in [0.2, 0.25) is 0 Å². The van der Waals surface area contributed by atoms with Crippen LogP contribution in [-0.4, -0.2) is 27.9 Å². The standard InChI is InChI=1S/C14H16N2O2S/c1-10-15-12(9-19-10)8-16(2)14(18)7-11-5-3-4-6-13(11)17/h3-6,9,17H,7-8H2,1-2H3. The first-order valence-corrected chi connectivity index (χ1v) is 6.86. The first kappa shape index (κ1) is 13.5. The molecule has 0 fully saturated rings. The predicted molar refractivity (Wildman–Crippen MR) is 75.1 cm³/mol. The number of hydrogen-bond acceptors (Lipinski definition) is 4. The maximum atomic E-state index is 12.1. The van der Waals surface area contributed by atoms with Crippen LogP contribution < -0.4 is 0 Å². The second-order valence-electron chi connectivity index (χ2n) is 4.41. The average Bonchev–Trinajstić information content (AvgIpc) is 2.77. The maximum absolute atomic E-state index is 12.1. The van der Waals surface area contributed by atoms with Gasteiger partial charge in [0, 0.05) is 18.0 Å². The van der Waals surface area contributed by atoms with Gasteiger partial charge in [-0.25, -0.2) is 4.98 Å². The summed E-state index contributed by atoms with van der Waals surface area (Å²) in [6.07, 6.45) is 0.201. The molecule has 0 aliphatic rings. The van der Waals surface area contributed by atoms with Gasteiger partial charge in [0.15, 0.2) is 0 Å². The number of carbonyl (C=O) groups excluding carboxylic acids is 1. The van der Waals surface area contributed by atoms with Gasteiger partial charge in [0.25, 0.3) is 0 Å². The van der Waals surface area contributed by atoms with Crippen molar-refractivity contribution in [3.8, 4) is 5.75 Å². The Morgan fingerprint density at radius 3 is 2.79 bits per heavy atom. The van der Waals surface area contributed by atoms with Crippen LogP contribution >= 0.6 is 11.3 Å². The number of thiazole rings is 1. The lowest BCUT2D eigenvalue weighted by atomic mass is 10.1. The van der Waals surface area contributed by atoms with Crippen molar-refractivity contribution in [2.75, 3.05) is 7.05 Å². The molecular formula is C14H16N2O2S. The van der Waals surface area contributed by atoms with E-state index in [0.29, 0.717) is 12.1 Å². The quantitative estimate of drug-likeness (QED) is 0.932. The molecule has 0 atom stereocenters. The third-order valence-corrected chi connectivity index (χ3v) is 3.65. The lowest BCUT2D eigenvalue weighted by molar-refractivity contribution is -0.129. The van der Waals surface area contributed by atoms with Gasteiger partial charge in [0.2, 0.25) is 5.91 Å². The van der Waals surface area contributed by atoms with Crippen molar-refractivity contribution in [3.05, 3.63) is 45.9 Å². The molecule has 0 bridgehead atoms. The molecule has 2 rings (SSSR count). The SMILES string of the molecule is Cc1nc(CN(C)C(=O)Cc2ccccc2O)cs1. The highest BCUT2D eigenvalue weighted by atomic mass is 32.1. The Morgan fingerprint density at radius 1 is 1.42 bits per heavy atom. The Morgan fingerprint density at radius 2 is 2.16 bits per heavy atom. The molecule has 0 saturated carbocycles. The third-order valence-electron chi connectivity index (χ3n) is 2.82. The van der Waals surface area contributed by atoms with Crippen LogP contribution in [0, 0.1) is 6.92 Å². The summed E-state index contributed by atoms with van der Waals surface area (Å²) in [5, 5.41) is 12.6. The topological polar surface area (TPSA) is 53.4 Å². The summed E-state index contributed by atoms with van der Waals surface area (Å²) in [5.41, 5.74) is 1.55. The third kappa shape index (κ3) is 3.54. The molecule has 100 valence electrons. The number of likely N-dealkylation sites (N-methyl/N-ethyl adjacent to an activating group) is 1. The van der Waals surface area contributed by atoms with E-state index in [1.54, 1.807) is 41.5 Å². The van der Waals surface area contributed by atoms with Gasteiger partial charge in [0.1, 0.15) is 5.75 Å². The number of aromatic nitrogens is 1. The largest absolute Gasteiger partial charge is 0.508 e. The minimum Gasteiger partial charge on any atom is -0.508 e. The van der Waals surface area contributed by atoms with Crippen LogP contribution in [0.25, 0.3) is 0 Å². The molecule has 19 heavy (non-hydrogen) atoms. The fourth-order valence-corrected chi connectivity index (χ4v) is 2.37. The number of aromatic hydroxyl groups is 1. The smallest absolute Gasteiger partial charge is 0.227 e. The predicted octanol–water partition coefficient (Wildman–Crippen LogP) is 2.36. The molecule has 0 aliphatic heterocycles. The van der Waals surface area contributed by atoms with Crippen LogP contribution in [-0.2, 0) is 17.8 Å². The molecule has 1 amide bonds. The summed E-state index contributed by atoms with van der Waals surface area (Å²) >= 11 is 1.58. The first-order chi connectivity index (χ1) is 9.06. The van der Waals surface area contributed by atoms with Gasteiger partial charge in [0.05, 0.1) is 23.7 Å². The van der Waals surface area contributed by atoms with E-state index in [-0.39, 0.29) is 18.1 Å². The number of rotatable bonds is 4. The van der Waals surface area contributed by atoms with Gasteiger partial charge in [-0.1, -0.05) is 18.2 Å².